The van der Waals surface area contributed by atoms with Crippen molar-refractivity contribution in [2.75, 3.05) is 20.8 Å². The van der Waals surface area contributed by atoms with E-state index in [0.717, 1.165) is 24.2 Å². The summed E-state index contributed by atoms with van der Waals surface area (Å²) in [7, 11) is 3.19. The van der Waals surface area contributed by atoms with Crippen LogP contribution in [0, 0.1) is 0 Å². The van der Waals surface area contributed by atoms with E-state index in [1.165, 1.54) is 0 Å². The lowest BCUT2D eigenvalue weighted by atomic mass is 9.86. The second-order valence-electron chi connectivity index (χ2n) is 6.76. The fourth-order valence-corrected chi connectivity index (χ4v) is 3.64. The van der Waals surface area contributed by atoms with E-state index in [9.17, 15) is 9.90 Å². The number of benzene rings is 2. The van der Waals surface area contributed by atoms with Crippen molar-refractivity contribution in [1.29, 1.82) is 0 Å². The first-order valence-electron chi connectivity index (χ1n) is 8.79. The Bertz CT molecular complexity index is 770. The number of aliphatic hydroxyl groups is 1. The Morgan fingerprint density at radius 3 is 2.46 bits per heavy atom. The van der Waals surface area contributed by atoms with Gasteiger partial charge in [0.1, 0.15) is 17.1 Å². The smallest absolute Gasteiger partial charge is 0.254 e. The topological polar surface area (TPSA) is 59.0 Å². The molecule has 1 saturated heterocycles. The summed E-state index contributed by atoms with van der Waals surface area (Å²) in [6.07, 6.45) is 1.63. The SMILES string of the molecule is COc1ccc([C@](C)(O)[C@@H]2CCCN2C(=O)c2cccc(OC)c2)cc1. The van der Waals surface area contributed by atoms with Gasteiger partial charge in [0, 0.05) is 12.1 Å². The van der Waals surface area contributed by atoms with Gasteiger partial charge in [-0.15, -0.1) is 0 Å². The second kappa shape index (κ2) is 7.38. The van der Waals surface area contributed by atoms with Crippen molar-refractivity contribution in [2.24, 2.45) is 0 Å². The van der Waals surface area contributed by atoms with E-state index in [2.05, 4.69) is 0 Å². The molecule has 0 aliphatic carbocycles. The predicted octanol–water partition coefficient (Wildman–Crippen LogP) is 3.22. The third-order valence-electron chi connectivity index (χ3n) is 5.15. The van der Waals surface area contributed by atoms with Gasteiger partial charge in [-0.2, -0.15) is 0 Å². The van der Waals surface area contributed by atoms with E-state index >= 15 is 0 Å². The molecule has 1 aliphatic rings. The minimum absolute atomic E-state index is 0.0832. The number of nitrogens with zero attached hydrogens (tertiary/aromatic N) is 1. The van der Waals surface area contributed by atoms with Crippen molar-refractivity contribution in [2.45, 2.75) is 31.4 Å². The van der Waals surface area contributed by atoms with Crippen molar-refractivity contribution >= 4 is 5.91 Å². The zero-order valence-corrected chi connectivity index (χ0v) is 15.4. The highest BCUT2D eigenvalue weighted by Gasteiger charge is 2.42. The summed E-state index contributed by atoms with van der Waals surface area (Å²) in [6, 6.07) is 14.2. The standard InChI is InChI=1S/C21H25NO4/c1-21(24,16-9-11-17(25-2)12-10-16)19-8-5-13-22(19)20(23)15-6-4-7-18(14-15)26-3/h4,6-7,9-12,14,19,24H,5,8,13H2,1-3H3/t19-,21-/m0/s1. The van der Waals surface area contributed by atoms with E-state index in [1.807, 2.05) is 30.3 Å². The van der Waals surface area contributed by atoms with Gasteiger partial charge in [0.05, 0.1) is 20.3 Å². The number of amides is 1. The molecule has 1 heterocycles. The number of likely N-dealkylation sites (tertiary alicyclic amines) is 1. The normalized spacial score (nSPS) is 19.1. The largest absolute Gasteiger partial charge is 0.497 e. The summed E-state index contributed by atoms with van der Waals surface area (Å²) in [5, 5.41) is 11.3. The molecule has 1 aliphatic heterocycles. The number of methoxy groups -OCH3 is 2. The molecule has 3 rings (SSSR count). The van der Waals surface area contributed by atoms with Gasteiger partial charge in [0.15, 0.2) is 0 Å². The van der Waals surface area contributed by atoms with Gasteiger partial charge in [0.2, 0.25) is 0 Å². The fraction of sp³-hybridized carbons (Fsp3) is 0.381. The van der Waals surface area contributed by atoms with Gasteiger partial charge < -0.3 is 19.5 Å². The van der Waals surface area contributed by atoms with Crippen LogP contribution in [0.15, 0.2) is 48.5 Å². The molecule has 0 radical (unpaired) electrons. The second-order valence-corrected chi connectivity index (χ2v) is 6.76. The van der Waals surface area contributed by atoms with Crippen LogP contribution in [-0.2, 0) is 5.60 Å². The van der Waals surface area contributed by atoms with Crippen LogP contribution in [0.1, 0.15) is 35.7 Å². The maximum atomic E-state index is 13.0. The first-order valence-corrected chi connectivity index (χ1v) is 8.79. The highest BCUT2D eigenvalue weighted by Crippen LogP contribution is 2.36. The molecular formula is C21H25NO4. The Balaban J connectivity index is 1.87. The van der Waals surface area contributed by atoms with Crippen molar-refractivity contribution in [3.63, 3.8) is 0 Å². The average Bonchev–Trinajstić information content (AvgIpc) is 3.18. The van der Waals surface area contributed by atoms with E-state index in [-0.39, 0.29) is 11.9 Å². The Morgan fingerprint density at radius 2 is 1.81 bits per heavy atom. The summed E-state index contributed by atoms with van der Waals surface area (Å²) < 4.78 is 10.4. The number of hydrogen-bond donors (Lipinski definition) is 1. The van der Waals surface area contributed by atoms with E-state index in [1.54, 1.807) is 44.2 Å². The van der Waals surface area contributed by atoms with Crippen molar-refractivity contribution in [3.8, 4) is 11.5 Å². The molecule has 26 heavy (non-hydrogen) atoms. The average molecular weight is 355 g/mol. The summed E-state index contributed by atoms with van der Waals surface area (Å²) >= 11 is 0. The first kappa shape index (κ1) is 18.3. The molecule has 2 aromatic carbocycles. The van der Waals surface area contributed by atoms with Crippen LogP contribution in [0.4, 0.5) is 0 Å². The van der Waals surface area contributed by atoms with Crippen molar-refractivity contribution in [1.82, 2.24) is 4.90 Å². The molecule has 0 saturated carbocycles. The van der Waals surface area contributed by atoms with Crippen LogP contribution in [0.2, 0.25) is 0 Å². The molecule has 1 amide bonds. The summed E-state index contributed by atoms with van der Waals surface area (Å²) in [6.45, 7) is 2.41. The molecule has 0 spiro atoms. The molecule has 0 aromatic heterocycles. The predicted molar refractivity (Wildman–Crippen MR) is 99.6 cm³/mol. The van der Waals surface area contributed by atoms with Crippen molar-refractivity contribution in [3.05, 3.63) is 59.7 Å². The van der Waals surface area contributed by atoms with Crippen molar-refractivity contribution < 1.29 is 19.4 Å². The maximum Gasteiger partial charge on any atom is 0.254 e. The maximum absolute atomic E-state index is 13.0. The van der Waals surface area contributed by atoms with Gasteiger partial charge >= 0.3 is 0 Å². The van der Waals surface area contributed by atoms with Crippen LogP contribution in [0.3, 0.4) is 0 Å². The zero-order chi connectivity index (χ0) is 18.7. The fourth-order valence-electron chi connectivity index (χ4n) is 3.64. The zero-order valence-electron chi connectivity index (χ0n) is 15.4. The van der Waals surface area contributed by atoms with Gasteiger partial charge in [-0.05, 0) is 55.7 Å². The third kappa shape index (κ3) is 3.40. The number of rotatable bonds is 5. The molecule has 0 unspecified atom stereocenters. The van der Waals surface area contributed by atoms with E-state index < -0.39 is 5.60 Å². The molecule has 5 heteroatoms. The molecule has 138 valence electrons. The van der Waals surface area contributed by atoms with Gasteiger partial charge in [0.25, 0.3) is 5.91 Å². The molecular weight excluding hydrogens is 330 g/mol. The number of carbonyl (C=O) groups excluding carboxylic acids is 1. The van der Waals surface area contributed by atoms with Gasteiger partial charge in [-0.25, -0.2) is 0 Å². The third-order valence-corrected chi connectivity index (χ3v) is 5.15. The Labute approximate surface area is 154 Å². The summed E-state index contributed by atoms with van der Waals surface area (Å²) in [5.41, 5.74) is 0.201. The minimum Gasteiger partial charge on any atom is -0.497 e. The molecule has 1 N–H and O–H groups in total. The molecule has 2 atom stereocenters. The quantitative estimate of drug-likeness (QED) is 0.895. The summed E-state index contributed by atoms with van der Waals surface area (Å²) in [5.74, 6) is 1.30. The molecule has 5 nitrogen and oxygen atoms in total. The van der Waals surface area contributed by atoms with Crippen LogP contribution in [-0.4, -0.2) is 42.7 Å². The van der Waals surface area contributed by atoms with Crippen LogP contribution >= 0.6 is 0 Å². The lowest BCUT2D eigenvalue weighted by molar-refractivity contribution is -0.0177. The molecule has 0 bridgehead atoms. The Morgan fingerprint density at radius 1 is 1.12 bits per heavy atom. The monoisotopic (exact) mass is 355 g/mol. The first-order chi connectivity index (χ1) is 12.5. The highest BCUT2D eigenvalue weighted by atomic mass is 16.5. The lowest BCUT2D eigenvalue weighted by Gasteiger charge is -2.37. The number of carbonyl (C=O) groups is 1. The minimum atomic E-state index is -1.14. The Kier molecular flexibility index (Phi) is 5.18. The van der Waals surface area contributed by atoms with Gasteiger partial charge in [-0.1, -0.05) is 18.2 Å². The Hall–Kier alpha value is -2.53. The molecule has 1 fully saturated rings. The number of ether oxygens (including phenoxy) is 2. The van der Waals surface area contributed by atoms with Crippen LogP contribution < -0.4 is 9.47 Å². The summed E-state index contributed by atoms with van der Waals surface area (Å²) in [4.78, 5) is 14.8. The lowest BCUT2D eigenvalue weighted by Crippen LogP contribution is -2.48. The molecule has 2 aromatic rings. The van der Waals surface area contributed by atoms with E-state index in [0.29, 0.717) is 17.9 Å². The highest BCUT2D eigenvalue weighted by molar-refractivity contribution is 5.95. The van der Waals surface area contributed by atoms with Gasteiger partial charge in [-0.3, -0.25) is 4.79 Å². The number of hydrogen-bond acceptors (Lipinski definition) is 4. The van der Waals surface area contributed by atoms with Crippen LogP contribution in [0.25, 0.3) is 0 Å². The van der Waals surface area contributed by atoms with E-state index in [4.69, 9.17) is 9.47 Å². The van der Waals surface area contributed by atoms with Crippen LogP contribution in [0.5, 0.6) is 11.5 Å².